The summed E-state index contributed by atoms with van der Waals surface area (Å²) in [5.41, 5.74) is 1.30. The number of rotatable bonds is 10. The van der Waals surface area contributed by atoms with Crippen molar-refractivity contribution >= 4 is 23.7 Å². The van der Waals surface area contributed by atoms with Gasteiger partial charge in [-0.2, -0.15) is 5.26 Å². The lowest BCUT2D eigenvalue weighted by atomic mass is 10.2. The third-order valence-corrected chi connectivity index (χ3v) is 4.20. The second kappa shape index (κ2) is 16.8. The van der Waals surface area contributed by atoms with Gasteiger partial charge in [-0.3, -0.25) is 9.59 Å². The van der Waals surface area contributed by atoms with Gasteiger partial charge >= 0.3 is 18.0 Å². The van der Waals surface area contributed by atoms with Gasteiger partial charge in [-0.1, -0.05) is 13.8 Å². The molecule has 0 saturated carbocycles. The molecule has 1 aromatic rings. The number of anilines is 1. The van der Waals surface area contributed by atoms with Crippen molar-refractivity contribution < 1.29 is 19.1 Å². The van der Waals surface area contributed by atoms with E-state index in [1.807, 2.05) is 7.05 Å². The average molecular weight is 433 g/mol. The van der Waals surface area contributed by atoms with E-state index in [9.17, 15) is 14.4 Å². The van der Waals surface area contributed by atoms with Crippen molar-refractivity contribution in [3.8, 4) is 6.07 Å². The van der Waals surface area contributed by atoms with Gasteiger partial charge in [-0.25, -0.2) is 4.79 Å². The van der Waals surface area contributed by atoms with Gasteiger partial charge in [0.2, 0.25) is 0 Å². The summed E-state index contributed by atoms with van der Waals surface area (Å²) in [4.78, 5) is 36.0. The maximum atomic E-state index is 12.1. The predicted octanol–water partition coefficient (Wildman–Crippen LogP) is 4.02. The molecule has 1 N–H and O–H groups in total. The van der Waals surface area contributed by atoms with Crippen LogP contribution in [0.2, 0.25) is 0 Å². The molecule has 0 aliphatic carbocycles. The zero-order valence-electron chi connectivity index (χ0n) is 19.4. The van der Waals surface area contributed by atoms with E-state index < -0.39 is 11.9 Å². The highest BCUT2D eigenvalue weighted by atomic mass is 16.6. The fraction of sp³-hybridized carbons (Fsp3) is 0.565. The van der Waals surface area contributed by atoms with Crippen molar-refractivity contribution in [2.45, 2.75) is 53.4 Å². The molecule has 172 valence electrons. The summed E-state index contributed by atoms with van der Waals surface area (Å²) in [5.74, 6) is -1.12. The SMILES string of the molecule is CC(=O)OC(C)=O.CCCN(CCC)CCCCN(C)C(=O)Nc1ccc(C#N)cc1. The largest absolute Gasteiger partial charge is 0.394 e. The van der Waals surface area contributed by atoms with Gasteiger partial charge in [0.15, 0.2) is 0 Å². The van der Waals surface area contributed by atoms with Crippen LogP contribution in [0.25, 0.3) is 0 Å². The van der Waals surface area contributed by atoms with Gasteiger partial charge < -0.3 is 19.9 Å². The van der Waals surface area contributed by atoms with Gasteiger partial charge in [0, 0.05) is 33.1 Å². The van der Waals surface area contributed by atoms with Crippen molar-refractivity contribution in [2.24, 2.45) is 0 Å². The number of hydrogen-bond donors (Lipinski definition) is 1. The van der Waals surface area contributed by atoms with Crippen molar-refractivity contribution in [2.75, 3.05) is 38.5 Å². The number of benzene rings is 1. The van der Waals surface area contributed by atoms with Crippen molar-refractivity contribution in [3.05, 3.63) is 29.8 Å². The fourth-order valence-corrected chi connectivity index (χ4v) is 2.80. The number of esters is 2. The van der Waals surface area contributed by atoms with E-state index in [4.69, 9.17) is 5.26 Å². The van der Waals surface area contributed by atoms with Crippen molar-refractivity contribution in [1.82, 2.24) is 9.80 Å². The van der Waals surface area contributed by atoms with E-state index in [0.29, 0.717) is 11.3 Å². The van der Waals surface area contributed by atoms with Gasteiger partial charge in [0.25, 0.3) is 0 Å². The molecule has 0 aromatic heterocycles. The minimum absolute atomic E-state index is 0.112. The summed E-state index contributed by atoms with van der Waals surface area (Å²) in [7, 11) is 1.81. The number of carbonyl (C=O) groups excluding carboxylic acids is 3. The van der Waals surface area contributed by atoms with Gasteiger partial charge in [-0.15, -0.1) is 0 Å². The van der Waals surface area contributed by atoms with Crippen LogP contribution in [-0.4, -0.2) is 61.0 Å². The van der Waals surface area contributed by atoms with Gasteiger partial charge in [0.05, 0.1) is 11.6 Å². The van der Waals surface area contributed by atoms with Crippen LogP contribution in [0, 0.1) is 11.3 Å². The number of unbranched alkanes of at least 4 members (excludes halogenated alkanes) is 1. The molecule has 2 amide bonds. The maximum absolute atomic E-state index is 12.1. The molecule has 0 aliphatic heterocycles. The highest BCUT2D eigenvalue weighted by molar-refractivity contribution is 5.89. The minimum Gasteiger partial charge on any atom is -0.394 e. The number of nitrogens with zero attached hydrogens (tertiary/aromatic N) is 3. The lowest BCUT2D eigenvalue weighted by Crippen LogP contribution is -2.33. The van der Waals surface area contributed by atoms with E-state index in [1.165, 1.54) is 26.7 Å². The molecule has 1 aromatic carbocycles. The Morgan fingerprint density at radius 1 is 0.935 bits per heavy atom. The Labute approximate surface area is 186 Å². The third kappa shape index (κ3) is 14.7. The second-order valence-electron chi connectivity index (χ2n) is 7.17. The molecule has 0 heterocycles. The van der Waals surface area contributed by atoms with Crippen LogP contribution in [0.4, 0.5) is 10.5 Å². The molecule has 0 saturated heterocycles. The Bertz CT molecular complexity index is 695. The molecule has 0 radical (unpaired) electrons. The van der Waals surface area contributed by atoms with E-state index in [2.05, 4.69) is 34.9 Å². The highest BCUT2D eigenvalue weighted by Crippen LogP contribution is 2.09. The number of nitrogens with one attached hydrogen (secondary N) is 1. The first-order valence-electron chi connectivity index (χ1n) is 10.7. The Morgan fingerprint density at radius 3 is 1.87 bits per heavy atom. The smallest absolute Gasteiger partial charge is 0.321 e. The number of carbonyl (C=O) groups is 3. The van der Waals surface area contributed by atoms with Crippen LogP contribution < -0.4 is 5.32 Å². The summed E-state index contributed by atoms with van der Waals surface area (Å²) in [5, 5.41) is 11.6. The normalized spacial score (nSPS) is 9.84. The summed E-state index contributed by atoms with van der Waals surface area (Å²) in [6.07, 6.45) is 4.48. The highest BCUT2D eigenvalue weighted by Gasteiger charge is 2.09. The summed E-state index contributed by atoms with van der Waals surface area (Å²) in [6.45, 7) is 10.9. The number of nitriles is 1. The Balaban J connectivity index is 0.00000110. The molecule has 0 spiro atoms. The van der Waals surface area contributed by atoms with E-state index in [1.54, 1.807) is 29.2 Å². The second-order valence-corrected chi connectivity index (χ2v) is 7.17. The fourth-order valence-electron chi connectivity index (χ4n) is 2.80. The summed E-state index contributed by atoms with van der Waals surface area (Å²) >= 11 is 0. The molecular formula is C23H36N4O4. The molecule has 0 atom stereocenters. The molecule has 1 rings (SSSR count). The average Bonchev–Trinajstić information content (AvgIpc) is 2.71. The molecule has 0 fully saturated rings. The Kier molecular flexibility index (Phi) is 15.2. The van der Waals surface area contributed by atoms with E-state index >= 15 is 0 Å². The first kappa shape index (κ1) is 28.1. The lowest BCUT2D eigenvalue weighted by Gasteiger charge is -2.22. The predicted molar refractivity (Wildman–Crippen MR) is 122 cm³/mol. The molecule has 0 aliphatic rings. The molecule has 0 unspecified atom stereocenters. The lowest BCUT2D eigenvalue weighted by molar-refractivity contribution is -0.156. The molecule has 0 bridgehead atoms. The van der Waals surface area contributed by atoms with Crippen LogP contribution in [0.3, 0.4) is 0 Å². The number of amides is 2. The number of hydrogen-bond acceptors (Lipinski definition) is 6. The minimum atomic E-state index is -0.562. The van der Waals surface area contributed by atoms with E-state index in [-0.39, 0.29) is 6.03 Å². The maximum Gasteiger partial charge on any atom is 0.321 e. The Morgan fingerprint density at radius 2 is 1.45 bits per heavy atom. The molecule has 8 heteroatoms. The zero-order chi connectivity index (χ0) is 23.6. The molecular weight excluding hydrogens is 396 g/mol. The standard InChI is InChI=1S/C19H30N4O.C4H6O3/c1-4-12-23(13-5-2)15-7-6-14-22(3)19(24)21-18-10-8-17(16-20)9-11-18;1-3(5)7-4(2)6/h8-11H,4-7,12-15H2,1-3H3,(H,21,24);1-2H3. The summed E-state index contributed by atoms with van der Waals surface area (Å²) in [6, 6.07) is 8.85. The van der Waals surface area contributed by atoms with Crippen LogP contribution in [0.15, 0.2) is 24.3 Å². The van der Waals surface area contributed by atoms with Crippen LogP contribution in [0.1, 0.15) is 58.9 Å². The number of ether oxygens (including phenoxy) is 1. The molecule has 8 nitrogen and oxygen atoms in total. The van der Waals surface area contributed by atoms with Gasteiger partial charge in [0.1, 0.15) is 0 Å². The monoisotopic (exact) mass is 432 g/mol. The van der Waals surface area contributed by atoms with Crippen LogP contribution in [-0.2, 0) is 14.3 Å². The molecule has 31 heavy (non-hydrogen) atoms. The zero-order valence-corrected chi connectivity index (χ0v) is 19.4. The van der Waals surface area contributed by atoms with E-state index in [0.717, 1.165) is 39.0 Å². The Hall–Kier alpha value is -2.92. The first-order valence-corrected chi connectivity index (χ1v) is 10.7. The first-order chi connectivity index (χ1) is 14.7. The third-order valence-electron chi connectivity index (χ3n) is 4.20. The topological polar surface area (TPSA) is 103 Å². The summed E-state index contributed by atoms with van der Waals surface area (Å²) < 4.78 is 3.97. The van der Waals surface area contributed by atoms with Gasteiger partial charge in [-0.05, 0) is 69.6 Å². The van der Waals surface area contributed by atoms with Crippen molar-refractivity contribution in [3.63, 3.8) is 0 Å². The van der Waals surface area contributed by atoms with Crippen LogP contribution >= 0.6 is 0 Å². The van der Waals surface area contributed by atoms with Crippen molar-refractivity contribution in [1.29, 1.82) is 5.26 Å². The number of urea groups is 1. The van der Waals surface area contributed by atoms with Crippen LogP contribution in [0.5, 0.6) is 0 Å². The quantitative estimate of drug-likeness (QED) is 0.340.